The van der Waals surface area contributed by atoms with Crippen molar-refractivity contribution < 1.29 is 38.4 Å². The van der Waals surface area contributed by atoms with Crippen molar-refractivity contribution in [3.63, 3.8) is 0 Å². The molecule has 0 aliphatic carbocycles. The molecule has 0 radical (unpaired) electrons. The highest BCUT2D eigenvalue weighted by Crippen LogP contribution is 2.45. The standard InChI is InChI=1S/C31H26N2O2S.HI/c1-20-21(2)33(24-9-4-3-5-10-24)27-15-12-22(18-26(20)27)13-17-29-32(19-30(34)35)28-16-14-23-8-6-7-11-25(23)31(28)36-29;/h3-18,20-21H,19H2,1-2H3;1H. The maximum absolute atomic E-state index is 11.7. The van der Waals surface area contributed by atoms with E-state index in [-0.39, 0.29) is 30.5 Å². The first-order valence-electron chi connectivity index (χ1n) is 12.2. The number of thiazole rings is 1. The summed E-state index contributed by atoms with van der Waals surface area (Å²) in [4.78, 5) is 14.1. The number of hydrogen-bond acceptors (Lipinski definition) is 3. The van der Waals surface area contributed by atoms with Crippen LogP contribution in [0.1, 0.15) is 35.9 Å². The normalized spacial score (nSPS) is 16.9. The van der Waals surface area contributed by atoms with E-state index < -0.39 is 5.97 Å². The second kappa shape index (κ2) is 10.3. The number of hydrogen-bond donors (Lipinski definition) is 1. The molecule has 2 heterocycles. The molecular weight excluding hydrogens is 591 g/mol. The van der Waals surface area contributed by atoms with E-state index in [9.17, 15) is 9.90 Å². The van der Waals surface area contributed by atoms with Gasteiger partial charge in [-0.3, -0.25) is 0 Å². The lowest BCUT2D eigenvalue weighted by Crippen LogP contribution is -3.00. The summed E-state index contributed by atoms with van der Waals surface area (Å²) in [6.45, 7) is 4.50. The van der Waals surface area contributed by atoms with Crippen LogP contribution in [0.5, 0.6) is 0 Å². The van der Waals surface area contributed by atoms with E-state index in [0.29, 0.717) is 12.0 Å². The molecule has 0 amide bonds. The summed E-state index contributed by atoms with van der Waals surface area (Å²) in [5.41, 5.74) is 5.88. The maximum Gasteiger partial charge on any atom is 0.370 e. The number of para-hydroxylation sites is 1. The molecule has 1 N–H and O–H groups in total. The van der Waals surface area contributed by atoms with Crippen molar-refractivity contribution in [3.8, 4) is 0 Å². The largest absolute Gasteiger partial charge is 1.00 e. The number of carboxylic acids is 1. The highest BCUT2D eigenvalue weighted by Gasteiger charge is 2.33. The third-order valence-corrected chi connectivity index (χ3v) is 8.50. The minimum Gasteiger partial charge on any atom is -1.00 e. The van der Waals surface area contributed by atoms with Gasteiger partial charge in [0.2, 0.25) is 12.1 Å². The van der Waals surface area contributed by atoms with Crippen molar-refractivity contribution in [2.45, 2.75) is 32.4 Å². The minimum atomic E-state index is -0.844. The molecule has 4 nitrogen and oxygen atoms in total. The molecule has 0 bridgehead atoms. The van der Waals surface area contributed by atoms with E-state index in [4.69, 9.17) is 0 Å². The Kier molecular flexibility index (Phi) is 7.05. The molecule has 1 aliphatic heterocycles. The number of carboxylic acid groups (broad SMARTS) is 1. The molecule has 2 unspecified atom stereocenters. The van der Waals surface area contributed by atoms with Crippen molar-refractivity contribution in [2.75, 3.05) is 4.90 Å². The molecule has 0 spiro atoms. The molecule has 0 saturated heterocycles. The van der Waals surface area contributed by atoms with Crippen molar-refractivity contribution in [1.82, 2.24) is 0 Å². The minimum absolute atomic E-state index is 0. The molecule has 0 fully saturated rings. The van der Waals surface area contributed by atoms with Crippen LogP contribution in [0.4, 0.5) is 11.4 Å². The van der Waals surface area contributed by atoms with Crippen LogP contribution in [0.2, 0.25) is 0 Å². The van der Waals surface area contributed by atoms with Crippen molar-refractivity contribution >= 4 is 61.8 Å². The number of aliphatic carboxylic acids is 1. The van der Waals surface area contributed by atoms with Gasteiger partial charge in [0, 0.05) is 40.9 Å². The predicted octanol–water partition coefficient (Wildman–Crippen LogP) is 4.24. The summed E-state index contributed by atoms with van der Waals surface area (Å²) < 4.78 is 3.02. The lowest BCUT2D eigenvalue weighted by atomic mass is 9.96. The summed E-state index contributed by atoms with van der Waals surface area (Å²) >= 11 is 1.64. The molecule has 186 valence electrons. The highest BCUT2D eigenvalue weighted by atomic mass is 127. The Morgan fingerprint density at radius 2 is 1.73 bits per heavy atom. The maximum atomic E-state index is 11.7. The van der Waals surface area contributed by atoms with Gasteiger partial charge in [0.1, 0.15) is 4.70 Å². The van der Waals surface area contributed by atoms with Gasteiger partial charge in [-0.1, -0.05) is 66.8 Å². The van der Waals surface area contributed by atoms with Gasteiger partial charge in [-0.25, -0.2) is 4.79 Å². The summed E-state index contributed by atoms with van der Waals surface area (Å²) in [6, 6.07) is 29.9. The molecule has 6 heteroatoms. The van der Waals surface area contributed by atoms with Crippen LogP contribution in [0.3, 0.4) is 0 Å². The molecule has 6 rings (SSSR count). The number of benzene rings is 4. The number of aromatic nitrogens is 1. The average Bonchev–Trinajstić information content (AvgIpc) is 3.37. The fraction of sp³-hybridized carbons (Fsp3) is 0.161. The number of nitrogens with zero attached hydrogens (tertiary/aromatic N) is 2. The molecule has 1 aliphatic rings. The number of rotatable bonds is 5. The Morgan fingerprint density at radius 1 is 0.973 bits per heavy atom. The molecule has 37 heavy (non-hydrogen) atoms. The molecule has 2 atom stereocenters. The van der Waals surface area contributed by atoms with Gasteiger partial charge in [0.05, 0.1) is 0 Å². The van der Waals surface area contributed by atoms with Crippen molar-refractivity contribution in [1.29, 1.82) is 0 Å². The zero-order chi connectivity index (χ0) is 24.8. The zero-order valence-electron chi connectivity index (χ0n) is 20.6. The second-order valence-corrected chi connectivity index (χ2v) is 10.5. The Hall–Kier alpha value is -3.23. The van der Waals surface area contributed by atoms with E-state index >= 15 is 0 Å². The number of carbonyl (C=O) groups is 1. The van der Waals surface area contributed by atoms with E-state index in [1.54, 1.807) is 11.3 Å². The lowest BCUT2D eigenvalue weighted by Gasteiger charge is -2.26. The van der Waals surface area contributed by atoms with E-state index in [1.165, 1.54) is 16.9 Å². The SMILES string of the molecule is CC1c2cc(/C=C/c3sc4c5ccccc5ccc4[n+]3CC(=O)O)ccc2N(c2ccccc2)C1C.[I-]. The van der Waals surface area contributed by atoms with Gasteiger partial charge in [-0.05, 0) is 59.8 Å². The summed E-state index contributed by atoms with van der Waals surface area (Å²) in [6.07, 6.45) is 4.16. The van der Waals surface area contributed by atoms with Gasteiger partial charge in [-0.15, -0.1) is 0 Å². The second-order valence-electron chi connectivity index (χ2n) is 9.44. The fourth-order valence-corrected chi connectivity index (χ4v) is 6.54. The van der Waals surface area contributed by atoms with Crippen LogP contribution in [0.15, 0.2) is 84.9 Å². The van der Waals surface area contributed by atoms with Gasteiger partial charge in [-0.2, -0.15) is 4.57 Å². The van der Waals surface area contributed by atoms with Gasteiger partial charge in [0.25, 0.3) is 5.01 Å². The molecule has 4 aromatic carbocycles. The topological polar surface area (TPSA) is 44.4 Å². The van der Waals surface area contributed by atoms with Crippen LogP contribution in [0, 0.1) is 0 Å². The Morgan fingerprint density at radius 3 is 2.51 bits per heavy atom. The summed E-state index contributed by atoms with van der Waals surface area (Å²) in [5.74, 6) is -0.440. The van der Waals surface area contributed by atoms with Crippen LogP contribution in [-0.2, 0) is 11.3 Å². The first kappa shape index (κ1) is 25.4. The van der Waals surface area contributed by atoms with E-state index in [0.717, 1.165) is 31.6 Å². The zero-order valence-corrected chi connectivity index (χ0v) is 23.6. The number of fused-ring (bicyclic) bond motifs is 4. The molecular formula is C31H27IN2O2S. The van der Waals surface area contributed by atoms with Crippen molar-refractivity contribution in [3.05, 3.63) is 101 Å². The molecule has 5 aromatic rings. The first-order valence-corrected chi connectivity index (χ1v) is 13.0. The van der Waals surface area contributed by atoms with Crippen LogP contribution < -0.4 is 33.4 Å². The molecule has 0 saturated carbocycles. The van der Waals surface area contributed by atoms with Crippen LogP contribution in [0.25, 0.3) is 33.1 Å². The molecule has 1 aromatic heterocycles. The predicted molar refractivity (Wildman–Crippen MR) is 149 cm³/mol. The quantitative estimate of drug-likeness (QED) is 0.237. The van der Waals surface area contributed by atoms with Gasteiger partial charge < -0.3 is 34.0 Å². The third kappa shape index (κ3) is 4.53. The summed E-state index contributed by atoms with van der Waals surface area (Å²) in [7, 11) is 0. The van der Waals surface area contributed by atoms with E-state index in [2.05, 4.69) is 97.6 Å². The lowest BCUT2D eigenvalue weighted by molar-refractivity contribution is -0.657. The van der Waals surface area contributed by atoms with E-state index in [1.807, 2.05) is 22.8 Å². The Labute approximate surface area is 237 Å². The number of anilines is 2. The highest BCUT2D eigenvalue weighted by molar-refractivity contribution is 7.19. The van der Waals surface area contributed by atoms with Crippen LogP contribution >= 0.6 is 11.3 Å². The smallest absolute Gasteiger partial charge is 0.370 e. The fourth-order valence-electron chi connectivity index (χ4n) is 5.35. The third-order valence-electron chi connectivity index (χ3n) is 7.30. The van der Waals surface area contributed by atoms with Crippen molar-refractivity contribution in [2.24, 2.45) is 0 Å². The Bertz CT molecular complexity index is 1640. The Balaban J connectivity index is 0.00000280. The van der Waals surface area contributed by atoms with Gasteiger partial charge in [0.15, 0.2) is 0 Å². The number of halogens is 1. The summed E-state index contributed by atoms with van der Waals surface area (Å²) in [5, 5.41) is 12.8. The first-order chi connectivity index (χ1) is 17.5. The van der Waals surface area contributed by atoms with Crippen LogP contribution in [-0.4, -0.2) is 17.1 Å². The average molecular weight is 619 g/mol. The monoisotopic (exact) mass is 618 g/mol. The van der Waals surface area contributed by atoms with Gasteiger partial charge >= 0.3 is 5.97 Å².